The summed E-state index contributed by atoms with van der Waals surface area (Å²) in [4.78, 5) is 27.4. The number of piperidine rings is 1. The number of aromatic nitrogens is 1. The summed E-state index contributed by atoms with van der Waals surface area (Å²) < 4.78 is 2.56. The highest BCUT2D eigenvalue weighted by atomic mass is 35.5. The van der Waals surface area contributed by atoms with Gasteiger partial charge in [0.15, 0.2) is 5.78 Å². The van der Waals surface area contributed by atoms with Crippen molar-refractivity contribution in [2.24, 2.45) is 5.92 Å². The average molecular weight is 349 g/mol. The first-order chi connectivity index (χ1) is 11.1. The highest BCUT2D eigenvalue weighted by Crippen LogP contribution is 2.35. The van der Waals surface area contributed by atoms with Crippen molar-refractivity contribution < 1.29 is 4.79 Å². The summed E-state index contributed by atoms with van der Waals surface area (Å²) >= 11 is 7.26. The monoisotopic (exact) mass is 348 g/mol. The van der Waals surface area contributed by atoms with E-state index in [-0.39, 0.29) is 11.3 Å². The molecule has 0 radical (unpaired) electrons. The Bertz CT molecular complexity index is 813. The number of thiophene rings is 1. The van der Waals surface area contributed by atoms with Crippen LogP contribution in [0, 0.1) is 5.92 Å². The summed E-state index contributed by atoms with van der Waals surface area (Å²) in [5, 5.41) is 0. The Balaban J connectivity index is 1.52. The first-order valence-electron chi connectivity index (χ1n) is 7.81. The standard InChI is InChI=1S/C17H17ClN2O2S/c18-16-5-4-15(23-16)14(21)10-19-7-11-6-12(9-19)13-2-1-3-17(22)20(13)8-11/h1-5,11-12H,6-10H2/t11-,12-/m0/s1. The van der Waals surface area contributed by atoms with Gasteiger partial charge in [0.2, 0.25) is 0 Å². The predicted octanol–water partition coefficient (Wildman–Crippen LogP) is 2.87. The van der Waals surface area contributed by atoms with Crippen LogP contribution in [0.3, 0.4) is 0 Å². The molecule has 4 heterocycles. The van der Waals surface area contributed by atoms with Crippen molar-refractivity contribution in [3.8, 4) is 0 Å². The Labute approximate surface area is 143 Å². The van der Waals surface area contributed by atoms with Crippen LogP contribution in [-0.4, -0.2) is 34.9 Å². The number of carbonyl (C=O) groups excluding carboxylic acids is 1. The van der Waals surface area contributed by atoms with E-state index in [9.17, 15) is 9.59 Å². The number of hydrogen-bond acceptors (Lipinski definition) is 4. The second-order valence-corrected chi connectivity index (χ2v) is 8.13. The second-order valence-electron chi connectivity index (χ2n) is 6.42. The zero-order chi connectivity index (χ0) is 16.0. The van der Waals surface area contributed by atoms with E-state index in [1.54, 1.807) is 18.2 Å². The van der Waals surface area contributed by atoms with E-state index < -0.39 is 0 Å². The lowest BCUT2D eigenvalue weighted by atomic mass is 9.83. The van der Waals surface area contributed by atoms with Crippen molar-refractivity contribution >= 4 is 28.7 Å². The predicted molar refractivity (Wildman–Crippen MR) is 91.6 cm³/mol. The molecule has 0 spiro atoms. The Morgan fingerprint density at radius 1 is 1.22 bits per heavy atom. The number of carbonyl (C=O) groups is 1. The molecule has 0 aliphatic carbocycles. The lowest BCUT2D eigenvalue weighted by Crippen LogP contribution is -2.48. The molecule has 0 amide bonds. The van der Waals surface area contributed by atoms with Crippen LogP contribution in [0.2, 0.25) is 4.34 Å². The molecule has 2 bridgehead atoms. The number of hydrogen-bond donors (Lipinski definition) is 0. The minimum atomic E-state index is 0.0925. The first kappa shape index (κ1) is 15.1. The van der Waals surface area contributed by atoms with E-state index >= 15 is 0 Å². The smallest absolute Gasteiger partial charge is 0.250 e. The van der Waals surface area contributed by atoms with Crippen LogP contribution in [-0.2, 0) is 6.54 Å². The molecule has 2 aromatic heterocycles. The molecule has 4 rings (SSSR count). The fourth-order valence-corrected chi connectivity index (χ4v) is 4.84. The van der Waals surface area contributed by atoms with Gasteiger partial charge in [0.1, 0.15) is 0 Å². The molecular weight excluding hydrogens is 332 g/mol. The lowest BCUT2D eigenvalue weighted by Gasteiger charge is -2.42. The molecule has 23 heavy (non-hydrogen) atoms. The minimum Gasteiger partial charge on any atom is -0.312 e. The summed E-state index contributed by atoms with van der Waals surface area (Å²) in [5.74, 6) is 0.921. The number of likely N-dealkylation sites (tertiary alicyclic amines) is 1. The molecule has 2 aromatic rings. The molecule has 0 aromatic carbocycles. The van der Waals surface area contributed by atoms with Crippen LogP contribution in [0.25, 0.3) is 0 Å². The van der Waals surface area contributed by atoms with Gasteiger partial charge in [-0.25, -0.2) is 0 Å². The van der Waals surface area contributed by atoms with E-state index in [4.69, 9.17) is 11.6 Å². The van der Waals surface area contributed by atoms with Gasteiger partial charge in [-0.1, -0.05) is 17.7 Å². The van der Waals surface area contributed by atoms with Gasteiger partial charge in [-0.2, -0.15) is 0 Å². The van der Waals surface area contributed by atoms with Crippen LogP contribution in [0.5, 0.6) is 0 Å². The third-order valence-corrected chi connectivity index (χ3v) is 6.04. The molecule has 0 saturated carbocycles. The van der Waals surface area contributed by atoms with Gasteiger partial charge < -0.3 is 4.57 Å². The summed E-state index contributed by atoms with van der Waals surface area (Å²) in [6.07, 6.45) is 1.11. The van der Waals surface area contributed by atoms with Gasteiger partial charge in [-0.05, 0) is 30.5 Å². The molecule has 4 nitrogen and oxygen atoms in total. The van der Waals surface area contributed by atoms with Gasteiger partial charge in [-0.3, -0.25) is 14.5 Å². The molecule has 2 aliphatic heterocycles. The minimum absolute atomic E-state index is 0.0925. The quantitative estimate of drug-likeness (QED) is 0.801. The van der Waals surface area contributed by atoms with Crippen molar-refractivity contribution in [2.45, 2.75) is 18.9 Å². The summed E-state index contributed by atoms with van der Waals surface area (Å²) in [7, 11) is 0. The third kappa shape index (κ3) is 2.89. The van der Waals surface area contributed by atoms with E-state index in [1.807, 2.05) is 16.7 Å². The van der Waals surface area contributed by atoms with Crippen LogP contribution in [0.1, 0.15) is 27.7 Å². The van der Waals surface area contributed by atoms with Crippen LogP contribution in [0.4, 0.5) is 0 Å². The van der Waals surface area contributed by atoms with E-state index in [2.05, 4.69) is 4.90 Å². The molecule has 0 N–H and O–H groups in total. The Morgan fingerprint density at radius 3 is 2.87 bits per heavy atom. The molecule has 1 saturated heterocycles. The van der Waals surface area contributed by atoms with E-state index in [0.717, 1.165) is 36.6 Å². The average Bonchev–Trinajstić information content (AvgIpc) is 2.95. The highest BCUT2D eigenvalue weighted by Gasteiger charge is 2.35. The van der Waals surface area contributed by atoms with E-state index in [0.29, 0.717) is 22.7 Å². The van der Waals surface area contributed by atoms with Gasteiger partial charge in [0.05, 0.1) is 15.8 Å². The Hall–Kier alpha value is -1.43. The van der Waals surface area contributed by atoms with Crippen molar-refractivity contribution in [1.29, 1.82) is 0 Å². The molecule has 0 unspecified atom stereocenters. The number of rotatable bonds is 3. The number of pyridine rings is 1. The molecule has 2 atom stereocenters. The number of halogens is 1. The zero-order valence-electron chi connectivity index (χ0n) is 12.6. The van der Waals surface area contributed by atoms with Crippen molar-refractivity contribution in [3.05, 3.63) is 55.6 Å². The highest BCUT2D eigenvalue weighted by molar-refractivity contribution is 7.18. The Morgan fingerprint density at radius 2 is 2.09 bits per heavy atom. The van der Waals surface area contributed by atoms with Crippen LogP contribution in [0.15, 0.2) is 35.1 Å². The third-order valence-electron chi connectivity index (χ3n) is 4.77. The number of ketones is 1. The topological polar surface area (TPSA) is 42.3 Å². The largest absolute Gasteiger partial charge is 0.312 e. The lowest BCUT2D eigenvalue weighted by molar-refractivity contribution is 0.0821. The maximum Gasteiger partial charge on any atom is 0.250 e. The van der Waals surface area contributed by atoms with Crippen molar-refractivity contribution in [2.75, 3.05) is 19.6 Å². The summed E-state index contributed by atoms with van der Waals surface area (Å²) in [5.41, 5.74) is 1.21. The molecule has 2 aliphatic rings. The van der Waals surface area contributed by atoms with Gasteiger partial charge in [0.25, 0.3) is 5.56 Å². The van der Waals surface area contributed by atoms with Gasteiger partial charge in [-0.15, -0.1) is 11.3 Å². The van der Waals surface area contributed by atoms with Crippen molar-refractivity contribution in [1.82, 2.24) is 9.47 Å². The van der Waals surface area contributed by atoms with E-state index in [1.165, 1.54) is 11.3 Å². The number of nitrogens with zero attached hydrogens (tertiary/aromatic N) is 2. The molecular formula is C17H17ClN2O2S. The molecule has 6 heteroatoms. The SMILES string of the molecule is O=C(CN1C[C@@H]2C[C@@H](C1)c1cccc(=O)n1C2)c1ccc(Cl)s1. The van der Waals surface area contributed by atoms with Gasteiger partial charge >= 0.3 is 0 Å². The van der Waals surface area contributed by atoms with Crippen LogP contribution >= 0.6 is 22.9 Å². The fourth-order valence-electron chi connectivity index (χ4n) is 3.87. The number of fused-ring (bicyclic) bond motifs is 4. The Kier molecular flexibility index (Phi) is 3.87. The molecule has 120 valence electrons. The summed E-state index contributed by atoms with van der Waals surface area (Å²) in [6.45, 7) is 2.91. The second kappa shape index (κ2) is 5.89. The first-order valence-corrected chi connectivity index (χ1v) is 9.00. The van der Waals surface area contributed by atoms with Crippen LogP contribution < -0.4 is 5.56 Å². The normalized spacial score (nSPS) is 23.5. The molecule has 1 fully saturated rings. The maximum absolute atomic E-state index is 12.4. The van der Waals surface area contributed by atoms with Gasteiger partial charge in [0, 0.05) is 37.3 Å². The summed E-state index contributed by atoms with van der Waals surface area (Å²) in [6, 6.07) is 9.09. The number of Topliss-reactive ketones (excluding diaryl/α,β-unsaturated/α-hetero) is 1. The van der Waals surface area contributed by atoms with Crippen molar-refractivity contribution in [3.63, 3.8) is 0 Å². The zero-order valence-corrected chi connectivity index (χ0v) is 14.1. The fraction of sp³-hybridized carbons (Fsp3) is 0.412. The maximum atomic E-state index is 12.4.